The van der Waals surface area contributed by atoms with E-state index in [0.29, 0.717) is 12.1 Å². The van der Waals surface area contributed by atoms with Crippen LogP contribution < -0.4 is 5.32 Å². The van der Waals surface area contributed by atoms with E-state index in [-0.39, 0.29) is 42.5 Å². The number of likely N-dealkylation sites (tertiary alicyclic amines) is 1. The molecule has 3 aliphatic rings. The molecule has 8 heteroatoms. The standard InChI is InChI=1S/C21H38N4O3.HI/c1-24(2)20(26)15-22-21(23-17-7-3-4-8-17)25-12-10-18(11-13-25)28-16-19-9-5-6-14-27-19;/h17-19H,3-16H2,1-2H3,(H,22,23);1H. The molecular formula is C21H39IN4O3. The minimum atomic E-state index is 0. The molecule has 1 aliphatic carbocycles. The fourth-order valence-corrected chi connectivity index (χ4v) is 4.19. The second-order valence-electron chi connectivity index (χ2n) is 8.56. The molecule has 2 aliphatic heterocycles. The number of hydrogen-bond acceptors (Lipinski definition) is 4. The lowest BCUT2D eigenvalue weighted by molar-refractivity contribution is -0.127. The Kier molecular flexibility index (Phi) is 11.0. The van der Waals surface area contributed by atoms with Crippen molar-refractivity contribution in [2.45, 2.75) is 76.0 Å². The van der Waals surface area contributed by atoms with E-state index < -0.39 is 0 Å². The van der Waals surface area contributed by atoms with Crippen LogP contribution in [0.25, 0.3) is 0 Å². The van der Waals surface area contributed by atoms with Gasteiger partial charge in [-0.1, -0.05) is 12.8 Å². The lowest BCUT2D eigenvalue weighted by Gasteiger charge is -2.36. The van der Waals surface area contributed by atoms with Crippen LogP contribution in [-0.4, -0.2) is 86.9 Å². The monoisotopic (exact) mass is 522 g/mol. The highest BCUT2D eigenvalue weighted by molar-refractivity contribution is 14.0. The van der Waals surface area contributed by atoms with Crippen LogP contribution in [0.5, 0.6) is 0 Å². The third-order valence-corrected chi connectivity index (χ3v) is 6.08. The second kappa shape index (κ2) is 12.9. The lowest BCUT2D eigenvalue weighted by atomic mass is 10.1. The van der Waals surface area contributed by atoms with Crippen molar-refractivity contribution in [3.63, 3.8) is 0 Å². The summed E-state index contributed by atoms with van der Waals surface area (Å²) in [4.78, 5) is 20.6. The van der Waals surface area contributed by atoms with Crippen molar-refractivity contribution >= 4 is 35.8 Å². The number of amides is 1. The van der Waals surface area contributed by atoms with Crippen LogP contribution in [0.3, 0.4) is 0 Å². The van der Waals surface area contributed by atoms with Gasteiger partial charge in [-0.25, -0.2) is 4.99 Å². The molecule has 0 spiro atoms. The summed E-state index contributed by atoms with van der Waals surface area (Å²) in [7, 11) is 3.56. The molecule has 2 saturated heterocycles. The van der Waals surface area contributed by atoms with E-state index in [9.17, 15) is 4.79 Å². The van der Waals surface area contributed by atoms with Crippen molar-refractivity contribution in [3.05, 3.63) is 0 Å². The molecule has 3 rings (SSSR count). The van der Waals surface area contributed by atoms with E-state index in [1.165, 1.54) is 38.5 Å². The predicted octanol–water partition coefficient (Wildman–Crippen LogP) is 2.63. The maximum atomic E-state index is 12.0. The number of carbonyl (C=O) groups excluding carboxylic acids is 1. The number of nitrogens with zero attached hydrogens (tertiary/aromatic N) is 3. The Bertz CT molecular complexity index is 512. The largest absolute Gasteiger partial charge is 0.376 e. The van der Waals surface area contributed by atoms with Gasteiger partial charge in [0.2, 0.25) is 5.91 Å². The number of piperidine rings is 1. The number of hydrogen-bond donors (Lipinski definition) is 1. The van der Waals surface area contributed by atoms with Crippen molar-refractivity contribution in [2.75, 3.05) is 46.9 Å². The maximum Gasteiger partial charge on any atom is 0.243 e. The van der Waals surface area contributed by atoms with E-state index in [0.717, 1.165) is 51.5 Å². The first-order valence-corrected chi connectivity index (χ1v) is 11.1. The van der Waals surface area contributed by atoms with E-state index in [1.807, 2.05) is 0 Å². The number of likely N-dealkylation sites (N-methyl/N-ethyl adjacent to an activating group) is 1. The fraction of sp³-hybridized carbons (Fsp3) is 0.905. The Labute approximate surface area is 193 Å². The number of rotatable bonds is 6. The van der Waals surface area contributed by atoms with Gasteiger partial charge in [0.05, 0.1) is 18.8 Å². The van der Waals surface area contributed by atoms with Gasteiger partial charge in [-0.05, 0) is 44.9 Å². The Morgan fingerprint density at radius 3 is 2.41 bits per heavy atom. The van der Waals surface area contributed by atoms with Crippen LogP contribution in [0.15, 0.2) is 4.99 Å². The molecule has 1 unspecified atom stereocenters. The van der Waals surface area contributed by atoms with Crippen molar-refractivity contribution < 1.29 is 14.3 Å². The Hall–Kier alpha value is -0.610. The summed E-state index contributed by atoms with van der Waals surface area (Å²) in [6.45, 7) is 3.65. The van der Waals surface area contributed by atoms with Gasteiger partial charge in [0.15, 0.2) is 5.96 Å². The molecule has 1 amide bonds. The summed E-state index contributed by atoms with van der Waals surface area (Å²) in [6.07, 6.45) is 11.1. The molecular weight excluding hydrogens is 483 g/mol. The first-order valence-electron chi connectivity index (χ1n) is 11.1. The summed E-state index contributed by atoms with van der Waals surface area (Å²) >= 11 is 0. The second-order valence-corrected chi connectivity index (χ2v) is 8.56. The maximum absolute atomic E-state index is 12.0. The third kappa shape index (κ3) is 8.20. The number of halogens is 1. The molecule has 7 nitrogen and oxygen atoms in total. The zero-order chi connectivity index (χ0) is 19.8. The normalized spacial score (nSPS) is 24.3. The summed E-state index contributed by atoms with van der Waals surface area (Å²) in [5.74, 6) is 0.938. The van der Waals surface area contributed by atoms with E-state index in [4.69, 9.17) is 9.47 Å². The van der Waals surface area contributed by atoms with Gasteiger partial charge in [0.1, 0.15) is 6.54 Å². The first kappa shape index (κ1) is 24.7. The fourth-order valence-electron chi connectivity index (χ4n) is 4.19. The number of carbonyl (C=O) groups is 1. The Morgan fingerprint density at radius 1 is 1.10 bits per heavy atom. The van der Waals surface area contributed by atoms with E-state index in [1.54, 1.807) is 19.0 Å². The van der Waals surface area contributed by atoms with Gasteiger partial charge >= 0.3 is 0 Å². The highest BCUT2D eigenvalue weighted by Gasteiger charge is 2.26. The van der Waals surface area contributed by atoms with E-state index in [2.05, 4.69) is 15.2 Å². The molecule has 1 saturated carbocycles. The van der Waals surface area contributed by atoms with Crippen molar-refractivity contribution in [1.29, 1.82) is 0 Å². The Balaban J connectivity index is 0.00000300. The molecule has 1 atom stereocenters. The van der Waals surface area contributed by atoms with Gasteiger partial charge in [0.25, 0.3) is 0 Å². The molecule has 3 fully saturated rings. The van der Waals surface area contributed by atoms with Crippen LogP contribution in [0, 0.1) is 0 Å². The quantitative estimate of drug-likeness (QED) is 0.330. The predicted molar refractivity (Wildman–Crippen MR) is 126 cm³/mol. The molecule has 2 heterocycles. The Morgan fingerprint density at radius 2 is 1.79 bits per heavy atom. The van der Waals surface area contributed by atoms with Gasteiger partial charge in [-0.2, -0.15) is 0 Å². The average molecular weight is 522 g/mol. The number of nitrogens with one attached hydrogen (secondary N) is 1. The highest BCUT2D eigenvalue weighted by atomic mass is 127. The van der Waals surface area contributed by atoms with Crippen LogP contribution in [0.4, 0.5) is 0 Å². The molecule has 0 aromatic carbocycles. The number of aliphatic imine (C=N–C) groups is 1. The molecule has 0 radical (unpaired) electrons. The van der Waals surface area contributed by atoms with Crippen LogP contribution in [0.2, 0.25) is 0 Å². The van der Waals surface area contributed by atoms with E-state index >= 15 is 0 Å². The zero-order valence-electron chi connectivity index (χ0n) is 18.1. The lowest BCUT2D eigenvalue weighted by Crippen LogP contribution is -2.50. The van der Waals surface area contributed by atoms with Crippen molar-refractivity contribution in [3.8, 4) is 0 Å². The SMILES string of the molecule is CN(C)C(=O)CN=C(NC1CCCC1)N1CCC(OCC2CCCCO2)CC1.I. The molecule has 0 aromatic rings. The average Bonchev–Trinajstić information content (AvgIpc) is 3.23. The summed E-state index contributed by atoms with van der Waals surface area (Å²) < 4.78 is 11.9. The van der Waals surface area contributed by atoms with Gasteiger partial charge in [-0.3, -0.25) is 4.79 Å². The summed E-state index contributed by atoms with van der Waals surface area (Å²) in [5.41, 5.74) is 0. The van der Waals surface area contributed by atoms with Crippen molar-refractivity contribution in [2.24, 2.45) is 4.99 Å². The van der Waals surface area contributed by atoms with Crippen LogP contribution >= 0.6 is 24.0 Å². The van der Waals surface area contributed by atoms with Crippen molar-refractivity contribution in [1.82, 2.24) is 15.1 Å². The molecule has 0 aromatic heterocycles. The summed E-state index contributed by atoms with van der Waals surface area (Å²) in [6, 6.07) is 0.491. The van der Waals surface area contributed by atoms with Gasteiger partial charge in [0, 0.05) is 39.8 Å². The smallest absolute Gasteiger partial charge is 0.243 e. The van der Waals surface area contributed by atoms with Gasteiger partial charge in [-0.15, -0.1) is 24.0 Å². The molecule has 0 bridgehead atoms. The first-order chi connectivity index (χ1) is 13.6. The third-order valence-electron chi connectivity index (χ3n) is 6.08. The van der Waals surface area contributed by atoms with Crippen LogP contribution in [0.1, 0.15) is 57.8 Å². The van der Waals surface area contributed by atoms with Gasteiger partial charge < -0.3 is 24.6 Å². The molecule has 29 heavy (non-hydrogen) atoms. The zero-order valence-corrected chi connectivity index (χ0v) is 20.4. The highest BCUT2D eigenvalue weighted by Crippen LogP contribution is 2.20. The van der Waals surface area contributed by atoms with Crippen LogP contribution in [-0.2, 0) is 14.3 Å². The number of ether oxygens (including phenoxy) is 2. The topological polar surface area (TPSA) is 66.4 Å². The minimum Gasteiger partial charge on any atom is -0.376 e. The number of guanidine groups is 1. The minimum absolute atomic E-state index is 0. The molecule has 1 N–H and O–H groups in total. The molecule has 168 valence electrons. The summed E-state index contributed by atoms with van der Waals surface area (Å²) in [5, 5.41) is 3.62.